The molecule has 2 aromatic rings. The summed E-state index contributed by atoms with van der Waals surface area (Å²) in [6, 6.07) is 7.70. The number of amides is 1. The van der Waals surface area contributed by atoms with E-state index in [0.29, 0.717) is 6.04 Å². The van der Waals surface area contributed by atoms with Crippen LogP contribution in [0.1, 0.15) is 25.8 Å². The van der Waals surface area contributed by atoms with Crippen molar-refractivity contribution in [2.75, 3.05) is 5.73 Å². The summed E-state index contributed by atoms with van der Waals surface area (Å²) >= 11 is 0. The van der Waals surface area contributed by atoms with Crippen molar-refractivity contribution in [3.05, 3.63) is 36.7 Å². The number of hydrogen-bond acceptors (Lipinski definition) is 3. The monoisotopic (exact) mass is 270 g/mol. The van der Waals surface area contributed by atoms with Gasteiger partial charge in [-0.15, -0.1) is 0 Å². The van der Waals surface area contributed by atoms with Gasteiger partial charge in [0.1, 0.15) is 6.04 Å². The van der Waals surface area contributed by atoms with E-state index in [4.69, 9.17) is 5.73 Å². The van der Waals surface area contributed by atoms with Crippen molar-refractivity contribution in [3.8, 4) is 11.1 Å². The predicted octanol–water partition coefficient (Wildman–Crippen LogP) is 1.97. The van der Waals surface area contributed by atoms with Gasteiger partial charge in [0, 0.05) is 23.5 Å². The van der Waals surface area contributed by atoms with E-state index in [9.17, 15) is 4.79 Å². The Kier molecular flexibility index (Phi) is 3.18. The Morgan fingerprint density at radius 1 is 1.45 bits per heavy atom. The molecule has 20 heavy (non-hydrogen) atoms. The van der Waals surface area contributed by atoms with Gasteiger partial charge in [-0.05, 0) is 37.5 Å². The lowest BCUT2D eigenvalue weighted by molar-refractivity contribution is -0.124. The number of aromatic nitrogens is 2. The van der Waals surface area contributed by atoms with Gasteiger partial charge in [-0.25, -0.2) is 0 Å². The quantitative estimate of drug-likeness (QED) is 0.834. The van der Waals surface area contributed by atoms with Crippen molar-refractivity contribution in [3.63, 3.8) is 0 Å². The summed E-state index contributed by atoms with van der Waals surface area (Å²) in [7, 11) is 0. The number of anilines is 1. The zero-order valence-electron chi connectivity index (χ0n) is 11.4. The second-order valence-electron chi connectivity index (χ2n) is 5.29. The van der Waals surface area contributed by atoms with Crippen molar-refractivity contribution in [2.24, 2.45) is 0 Å². The van der Waals surface area contributed by atoms with Crippen LogP contribution in [0, 0.1) is 0 Å². The summed E-state index contributed by atoms with van der Waals surface area (Å²) in [5, 5.41) is 7.28. The highest BCUT2D eigenvalue weighted by Crippen LogP contribution is 2.23. The van der Waals surface area contributed by atoms with Crippen LogP contribution in [-0.4, -0.2) is 21.7 Å². The van der Waals surface area contributed by atoms with Crippen LogP contribution in [0.15, 0.2) is 36.7 Å². The molecule has 3 rings (SSSR count). The van der Waals surface area contributed by atoms with Gasteiger partial charge in [0.25, 0.3) is 0 Å². The largest absolute Gasteiger partial charge is 0.399 e. The molecule has 3 N–H and O–H groups in total. The second kappa shape index (κ2) is 5.00. The van der Waals surface area contributed by atoms with E-state index in [1.807, 2.05) is 37.4 Å². The normalized spacial score (nSPS) is 15.8. The Balaban J connectivity index is 1.77. The number of nitrogens with two attached hydrogens (primary N) is 1. The summed E-state index contributed by atoms with van der Waals surface area (Å²) in [6.07, 6.45) is 5.82. The maximum Gasteiger partial charge on any atom is 0.244 e. The van der Waals surface area contributed by atoms with E-state index in [-0.39, 0.29) is 11.9 Å². The molecule has 1 atom stereocenters. The Bertz CT molecular complexity index is 630. The standard InChI is InChI=1S/C15H18N4O/c1-10(15(20)18-14-5-6-14)19-9-12(8-17-19)11-3-2-4-13(16)7-11/h2-4,7-10,14H,5-6,16H2,1H3,(H,18,20). The van der Waals surface area contributed by atoms with E-state index < -0.39 is 0 Å². The van der Waals surface area contributed by atoms with Gasteiger partial charge in [-0.1, -0.05) is 12.1 Å². The molecule has 0 saturated heterocycles. The number of nitrogen functional groups attached to an aromatic ring is 1. The molecule has 1 aliphatic rings. The average Bonchev–Trinajstić information content (AvgIpc) is 3.11. The first-order valence-corrected chi connectivity index (χ1v) is 6.84. The molecule has 0 spiro atoms. The maximum absolute atomic E-state index is 12.0. The lowest BCUT2D eigenvalue weighted by atomic mass is 10.1. The summed E-state index contributed by atoms with van der Waals surface area (Å²) in [5.41, 5.74) is 8.47. The first-order chi connectivity index (χ1) is 9.63. The minimum atomic E-state index is -0.301. The van der Waals surface area contributed by atoms with Crippen LogP contribution in [0.2, 0.25) is 0 Å². The van der Waals surface area contributed by atoms with Gasteiger partial charge in [-0.2, -0.15) is 5.10 Å². The summed E-state index contributed by atoms with van der Waals surface area (Å²) in [5.74, 6) is 0.0229. The van der Waals surface area contributed by atoms with E-state index in [2.05, 4.69) is 10.4 Å². The van der Waals surface area contributed by atoms with Crippen molar-refractivity contribution >= 4 is 11.6 Å². The van der Waals surface area contributed by atoms with E-state index in [0.717, 1.165) is 29.7 Å². The molecule has 104 valence electrons. The molecule has 1 aromatic heterocycles. The van der Waals surface area contributed by atoms with Crippen LogP contribution in [0.5, 0.6) is 0 Å². The van der Waals surface area contributed by atoms with E-state index in [1.165, 1.54) is 0 Å². The highest BCUT2D eigenvalue weighted by Gasteiger charge is 2.26. The van der Waals surface area contributed by atoms with Crippen LogP contribution < -0.4 is 11.1 Å². The Labute approximate surface area is 117 Å². The molecule has 1 amide bonds. The number of carbonyl (C=O) groups is 1. The number of hydrogen-bond donors (Lipinski definition) is 2. The van der Waals surface area contributed by atoms with Gasteiger partial charge < -0.3 is 11.1 Å². The van der Waals surface area contributed by atoms with Gasteiger partial charge in [0.15, 0.2) is 0 Å². The summed E-state index contributed by atoms with van der Waals surface area (Å²) in [6.45, 7) is 1.86. The second-order valence-corrected chi connectivity index (χ2v) is 5.29. The Hall–Kier alpha value is -2.30. The first kappa shape index (κ1) is 12.7. The minimum Gasteiger partial charge on any atom is -0.399 e. The molecule has 1 fully saturated rings. The smallest absolute Gasteiger partial charge is 0.244 e. The molecular weight excluding hydrogens is 252 g/mol. The molecule has 1 aliphatic carbocycles. The third kappa shape index (κ3) is 2.66. The summed E-state index contributed by atoms with van der Waals surface area (Å²) < 4.78 is 1.69. The Morgan fingerprint density at radius 3 is 2.95 bits per heavy atom. The van der Waals surface area contributed by atoms with Crippen LogP contribution in [0.25, 0.3) is 11.1 Å². The number of nitrogens with zero attached hydrogens (tertiary/aromatic N) is 2. The molecule has 5 nitrogen and oxygen atoms in total. The van der Waals surface area contributed by atoms with E-state index >= 15 is 0 Å². The number of carbonyl (C=O) groups excluding carboxylic acids is 1. The molecule has 5 heteroatoms. The van der Waals surface area contributed by atoms with Crippen molar-refractivity contribution in [1.29, 1.82) is 0 Å². The van der Waals surface area contributed by atoms with Crippen molar-refractivity contribution in [2.45, 2.75) is 31.8 Å². The Morgan fingerprint density at radius 2 is 2.25 bits per heavy atom. The predicted molar refractivity (Wildman–Crippen MR) is 78.0 cm³/mol. The SMILES string of the molecule is CC(C(=O)NC1CC1)n1cc(-c2cccc(N)c2)cn1. The van der Waals surface area contributed by atoms with Crippen LogP contribution in [0.3, 0.4) is 0 Å². The molecule has 1 unspecified atom stereocenters. The van der Waals surface area contributed by atoms with Gasteiger partial charge >= 0.3 is 0 Å². The lowest BCUT2D eigenvalue weighted by Gasteiger charge is -2.11. The molecule has 0 bridgehead atoms. The fourth-order valence-electron chi connectivity index (χ4n) is 2.09. The lowest BCUT2D eigenvalue weighted by Crippen LogP contribution is -2.32. The van der Waals surface area contributed by atoms with Gasteiger partial charge in [0.05, 0.1) is 6.20 Å². The number of benzene rings is 1. The zero-order chi connectivity index (χ0) is 14.1. The van der Waals surface area contributed by atoms with Crippen LogP contribution >= 0.6 is 0 Å². The minimum absolute atomic E-state index is 0.0229. The van der Waals surface area contributed by atoms with Gasteiger partial charge in [0.2, 0.25) is 5.91 Å². The highest BCUT2D eigenvalue weighted by molar-refractivity contribution is 5.80. The topological polar surface area (TPSA) is 72.9 Å². The third-order valence-electron chi connectivity index (χ3n) is 3.52. The number of rotatable bonds is 4. The van der Waals surface area contributed by atoms with E-state index in [1.54, 1.807) is 10.9 Å². The molecular formula is C15H18N4O. The molecule has 1 heterocycles. The molecule has 0 aliphatic heterocycles. The average molecular weight is 270 g/mol. The van der Waals surface area contributed by atoms with Gasteiger partial charge in [-0.3, -0.25) is 9.48 Å². The molecule has 0 radical (unpaired) electrons. The zero-order valence-corrected chi connectivity index (χ0v) is 11.4. The van der Waals surface area contributed by atoms with Crippen molar-refractivity contribution < 1.29 is 4.79 Å². The van der Waals surface area contributed by atoms with Crippen LogP contribution in [0.4, 0.5) is 5.69 Å². The fourth-order valence-corrected chi connectivity index (χ4v) is 2.09. The van der Waals surface area contributed by atoms with Crippen molar-refractivity contribution in [1.82, 2.24) is 15.1 Å². The summed E-state index contributed by atoms with van der Waals surface area (Å²) in [4.78, 5) is 12.0. The molecule has 1 aromatic carbocycles. The maximum atomic E-state index is 12.0. The third-order valence-corrected chi connectivity index (χ3v) is 3.52. The first-order valence-electron chi connectivity index (χ1n) is 6.84. The highest BCUT2D eigenvalue weighted by atomic mass is 16.2. The molecule has 1 saturated carbocycles. The fraction of sp³-hybridized carbons (Fsp3) is 0.333. The number of nitrogens with one attached hydrogen (secondary N) is 1. The van der Waals surface area contributed by atoms with Crippen LogP contribution in [-0.2, 0) is 4.79 Å².